The Morgan fingerprint density at radius 2 is 1.87 bits per heavy atom. The van der Waals surface area contributed by atoms with Gasteiger partial charge < -0.3 is 30.3 Å². The molecular formula is C33H37F3N6O4. The molecule has 2 aromatic carbocycles. The Morgan fingerprint density at radius 1 is 1.09 bits per heavy atom. The summed E-state index contributed by atoms with van der Waals surface area (Å²) in [5, 5.41) is 8.34. The minimum absolute atomic E-state index is 0.000267. The molecule has 1 aromatic heterocycles. The van der Waals surface area contributed by atoms with Crippen LogP contribution in [0.25, 0.3) is 0 Å². The number of carbonyl (C=O) groups excluding carboxylic acids is 2. The molecule has 0 bridgehead atoms. The molecule has 3 atom stereocenters. The average molecular weight is 639 g/mol. The highest BCUT2D eigenvalue weighted by atomic mass is 19.4. The van der Waals surface area contributed by atoms with Crippen molar-refractivity contribution in [1.82, 2.24) is 20.1 Å². The smallest absolute Gasteiger partial charge is 0.416 e. The molecule has 7 rings (SSSR count). The van der Waals surface area contributed by atoms with Gasteiger partial charge in [0.05, 0.1) is 11.6 Å². The van der Waals surface area contributed by atoms with Crippen LogP contribution >= 0.6 is 0 Å². The molecular weight excluding hydrogens is 601 g/mol. The van der Waals surface area contributed by atoms with Crippen LogP contribution in [0.1, 0.15) is 41.5 Å². The monoisotopic (exact) mass is 638 g/mol. The highest BCUT2D eigenvalue weighted by Crippen LogP contribution is 2.54. The summed E-state index contributed by atoms with van der Waals surface area (Å²) < 4.78 is 51.6. The van der Waals surface area contributed by atoms with Gasteiger partial charge in [-0.25, -0.2) is 4.98 Å². The number of rotatable bonds is 8. The van der Waals surface area contributed by atoms with Crippen LogP contribution in [0, 0.1) is 0 Å². The second kappa shape index (κ2) is 13.3. The maximum absolute atomic E-state index is 13.2. The van der Waals surface area contributed by atoms with E-state index in [1.54, 1.807) is 6.20 Å². The van der Waals surface area contributed by atoms with Crippen molar-refractivity contribution in [3.05, 3.63) is 70.9 Å². The Labute approximate surface area is 265 Å². The first-order valence-electron chi connectivity index (χ1n) is 15.5. The highest BCUT2D eigenvalue weighted by Gasteiger charge is 2.58. The van der Waals surface area contributed by atoms with E-state index in [4.69, 9.17) is 9.47 Å². The van der Waals surface area contributed by atoms with Crippen molar-refractivity contribution in [3.8, 4) is 17.2 Å². The van der Waals surface area contributed by atoms with E-state index in [-0.39, 0.29) is 29.8 Å². The fourth-order valence-electron chi connectivity index (χ4n) is 6.37. The number of benzene rings is 2. The standard InChI is InChI=1S/C18H17N3O3.C15H20F3N3O/c1-19-16-15-11-8-9(2-4-12(11)24-17(15)16)23-13-6-7-20-18-10(13)3-5-14(22)21-18;1-2-20-5-7-21(8-6-20)10-12-3-4-13(19-11-22)9-14(12)15(16,17)18/h2,4,6-8,15-17,19H,3,5H2,1H3,(H,20,21,22);3-4,9,11H,2,5-8,10H2,1H3,(H,19,22)/t15?,16-,17?;/m0./s1. The van der Waals surface area contributed by atoms with Crippen LogP contribution in [0.4, 0.5) is 24.7 Å². The summed E-state index contributed by atoms with van der Waals surface area (Å²) in [6.07, 6.45) is -1.04. The third kappa shape index (κ3) is 6.81. The number of likely N-dealkylation sites (N-methyl/N-ethyl adjacent to an activating group) is 2. The van der Waals surface area contributed by atoms with Crippen LogP contribution < -0.4 is 25.4 Å². The Kier molecular flexibility index (Phi) is 9.16. The van der Waals surface area contributed by atoms with Gasteiger partial charge in [0.25, 0.3) is 0 Å². The number of aromatic nitrogens is 1. The predicted octanol–water partition coefficient (Wildman–Crippen LogP) is 4.62. The number of pyridine rings is 1. The molecule has 1 aliphatic carbocycles. The van der Waals surface area contributed by atoms with Crippen molar-refractivity contribution >= 4 is 23.8 Å². The zero-order valence-corrected chi connectivity index (χ0v) is 25.7. The Balaban J connectivity index is 0.000000163. The second-order valence-electron chi connectivity index (χ2n) is 11.8. The largest absolute Gasteiger partial charge is 0.488 e. The summed E-state index contributed by atoms with van der Waals surface area (Å²) in [6.45, 7) is 6.60. The van der Waals surface area contributed by atoms with Gasteiger partial charge in [-0.3, -0.25) is 14.5 Å². The lowest BCUT2D eigenvalue weighted by molar-refractivity contribution is -0.138. The van der Waals surface area contributed by atoms with Crippen LogP contribution in [-0.4, -0.2) is 79.0 Å². The summed E-state index contributed by atoms with van der Waals surface area (Å²) in [4.78, 5) is 30.4. The minimum Gasteiger partial charge on any atom is -0.488 e. The van der Waals surface area contributed by atoms with E-state index < -0.39 is 11.7 Å². The van der Waals surface area contributed by atoms with Crippen LogP contribution in [0.2, 0.25) is 0 Å². The maximum atomic E-state index is 13.2. The first-order valence-corrected chi connectivity index (χ1v) is 15.5. The fraction of sp³-hybridized carbons (Fsp3) is 0.424. The molecule has 3 aliphatic heterocycles. The number of ether oxygens (including phenoxy) is 2. The number of piperazine rings is 1. The number of nitrogens with one attached hydrogen (secondary N) is 3. The molecule has 2 unspecified atom stereocenters. The van der Waals surface area contributed by atoms with Crippen LogP contribution in [0.3, 0.4) is 0 Å². The third-order valence-electron chi connectivity index (χ3n) is 8.94. The van der Waals surface area contributed by atoms with Crippen molar-refractivity contribution in [3.63, 3.8) is 0 Å². The van der Waals surface area contributed by atoms with E-state index in [0.29, 0.717) is 37.0 Å². The number of alkyl halides is 3. The number of fused-ring (bicyclic) bond motifs is 4. The molecule has 2 fully saturated rings. The van der Waals surface area contributed by atoms with Crippen molar-refractivity contribution in [2.24, 2.45) is 0 Å². The number of carbonyl (C=O) groups is 2. The Hall–Kier alpha value is -4.20. The molecule has 1 saturated heterocycles. The van der Waals surface area contributed by atoms with Crippen molar-refractivity contribution in [2.75, 3.05) is 50.4 Å². The van der Waals surface area contributed by atoms with Crippen LogP contribution in [0.15, 0.2) is 48.7 Å². The van der Waals surface area contributed by atoms with E-state index in [1.165, 1.54) is 17.7 Å². The second-order valence-corrected chi connectivity index (χ2v) is 11.8. The maximum Gasteiger partial charge on any atom is 0.416 e. The van der Waals surface area contributed by atoms with Gasteiger partial charge in [0, 0.05) is 68.1 Å². The Morgan fingerprint density at radius 3 is 2.59 bits per heavy atom. The van der Waals surface area contributed by atoms with Crippen molar-refractivity contribution in [2.45, 2.75) is 50.6 Å². The lowest BCUT2D eigenvalue weighted by Gasteiger charge is -2.34. The SMILES string of the molecule is CCN1CCN(Cc2ccc(NC=O)cc2C(F)(F)F)CC1.CN[C@@H]1C2Oc3ccc(Oc4ccnc5c4CCC(=O)N5)cc3C21. The lowest BCUT2D eigenvalue weighted by Crippen LogP contribution is -2.45. The molecule has 0 radical (unpaired) electrons. The van der Waals surface area contributed by atoms with Gasteiger partial charge in [0.1, 0.15) is 29.2 Å². The van der Waals surface area contributed by atoms with Crippen molar-refractivity contribution in [1.29, 1.82) is 0 Å². The number of hydrogen-bond acceptors (Lipinski definition) is 8. The molecule has 244 valence electrons. The topological polar surface area (TPSA) is 108 Å². The number of hydrogen-bond donors (Lipinski definition) is 3. The molecule has 3 aromatic rings. The number of amides is 2. The Bertz CT molecular complexity index is 1590. The molecule has 1 saturated carbocycles. The average Bonchev–Trinajstić information content (AvgIpc) is 3.62. The highest BCUT2D eigenvalue weighted by molar-refractivity contribution is 5.93. The summed E-state index contributed by atoms with van der Waals surface area (Å²) >= 11 is 0. The number of anilines is 2. The number of halogens is 3. The molecule has 10 nitrogen and oxygen atoms in total. The quantitative estimate of drug-likeness (QED) is 0.307. The molecule has 13 heteroatoms. The third-order valence-corrected chi connectivity index (χ3v) is 8.94. The van der Waals surface area contributed by atoms with E-state index in [2.05, 4.69) is 38.8 Å². The van der Waals surface area contributed by atoms with Gasteiger partial charge in [0.15, 0.2) is 0 Å². The molecule has 4 aliphatic rings. The molecule has 3 N–H and O–H groups in total. The molecule has 0 spiro atoms. The minimum atomic E-state index is -4.43. The van der Waals surface area contributed by atoms with Crippen LogP contribution in [0.5, 0.6) is 17.2 Å². The first kappa shape index (κ1) is 31.8. The summed E-state index contributed by atoms with van der Waals surface area (Å²) in [5.41, 5.74) is 1.87. The van der Waals surface area contributed by atoms with Gasteiger partial charge in [0.2, 0.25) is 12.3 Å². The number of nitrogens with zero attached hydrogens (tertiary/aromatic N) is 3. The summed E-state index contributed by atoms with van der Waals surface area (Å²) in [6, 6.07) is 12.1. The molecule has 2 amide bonds. The van der Waals surface area contributed by atoms with E-state index in [9.17, 15) is 22.8 Å². The van der Waals surface area contributed by atoms with Crippen molar-refractivity contribution < 1.29 is 32.2 Å². The van der Waals surface area contributed by atoms with E-state index >= 15 is 0 Å². The lowest BCUT2D eigenvalue weighted by atomic mass is 10.0. The zero-order chi connectivity index (χ0) is 32.4. The molecule has 4 heterocycles. The van der Waals surface area contributed by atoms with Gasteiger partial charge >= 0.3 is 6.18 Å². The van der Waals surface area contributed by atoms with Gasteiger partial charge in [-0.05, 0) is 62.0 Å². The predicted molar refractivity (Wildman–Crippen MR) is 166 cm³/mol. The normalized spacial score (nSPS) is 21.8. The van der Waals surface area contributed by atoms with Crippen LogP contribution in [-0.2, 0) is 28.7 Å². The summed E-state index contributed by atoms with van der Waals surface area (Å²) in [7, 11) is 1.96. The van der Waals surface area contributed by atoms with E-state index in [0.717, 1.165) is 61.6 Å². The van der Waals surface area contributed by atoms with Gasteiger partial charge in [-0.15, -0.1) is 0 Å². The summed E-state index contributed by atoms with van der Waals surface area (Å²) in [5.74, 6) is 3.50. The van der Waals surface area contributed by atoms with Gasteiger partial charge in [-0.2, -0.15) is 13.2 Å². The van der Waals surface area contributed by atoms with E-state index in [1.807, 2.05) is 30.1 Å². The zero-order valence-electron chi connectivity index (χ0n) is 25.7. The van der Waals surface area contributed by atoms with Gasteiger partial charge in [-0.1, -0.05) is 13.0 Å². The first-order chi connectivity index (χ1) is 22.2. The molecule has 46 heavy (non-hydrogen) atoms. The fourth-order valence-corrected chi connectivity index (χ4v) is 6.37.